The van der Waals surface area contributed by atoms with Gasteiger partial charge in [0.05, 0.1) is 6.20 Å². The first-order valence-electron chi connectivity index (χ1n) is 2.81. The van der Waals surface area contributed by atoms with Gasteiger partial charge in [0.15, 0.2) is 0 Å². The molecule has 0 aliphatic carbocycles. The van der Waals surface area contributed by atoms with Crippen molar-refractivity contribution >= 4 is 57.4 Å². The van der Waals surface area contributed by atoms with E-state index in [1.54, 1.807) is 6.92 Å². The van der Waals surface area contributed by atoms with Crippen LogP contribution in [0, 0.1) is 6.92 Å². The van der Waals surface area contributed by atoms with E-state index in [1.165, 1.54) is 6.20 Å². The summed E-state index contributed by atoms with van der Waals surface area (Å²) in [4.78, 5) is 13.8. The van der Waals surface area contributed by atoms with Crippen molar-refractivity contribution in [2.75, 3.05) is 0 Å². The van der Waals surface area contributed by atoms with Gasteiger partial charge in [-0.2, -0.15) is 0 Å². The van der Waals surface area contributed by atoms with Crippen molar-refractivity contribution in [3.05, 3.63) is 17.8 Å². The number of aryl methyl sites for hydroxylation is 1. The third kappa shape index (κ3) is 4.02. The number of rotatable bonds is 2. The van der Waals surface area contributed by atoms with Crippen LogP contribution in [0.4, 0.5) is 0 Å². The van der Waals surface area contributed by atoms with E-state index in [0.717, 1.165) is 0 Å². The Labute approximate surface area is 106 Å². The van der Waals surface area contributed by atoms with Crippen molar-refractivity contribution < 1.29 is 14.3 Å². The summed E-state index contributed by atoms with van der Waals surface area (Å²) in [7, 11) is 0. The maximum atomic E-state index is 10.1. The number of hydrogen-bond acceptors (Lipinski definition) is 3. The number of hydrogen-bond donors (Lipinski definition) is 1. The summed E-state index contributed by atoms with van der Waals surface area (Å²) in [6.45, 7) is 1.72. The number of carboxylic acids is 1. The third-order valence-corrected chi connectivity index (χ3v) is 0.972. The van der Waals surface area contributed by atoms with E-state index in [1.807, 2.05) is 0 Å². The predicted octanol–water partition coefficient (Wildman–Crippen LogP) is -0.0384. The molecule has 0 spiro atoms. The minimum atomic E-state index is -0.929. The van der Waals surface area contributed by atoms with E-state index in [9.17, 15) is 4.79 Å². The standard InChI is InChI=1S/C6H7NO3.K.H/c1-4-3-7-5(10-4)2-6(8)9;;/h3H,2H2,1H3,(H,8,9);;. The van der Waals surface area contributed by atoms with Crippen LogP contribution < -0.4 is 0 Å². The quantitative estimate of drug-likeness (QED) is 0.650. The van der Waals surface area contributed by atoms with Crippen LogP contribution in [0.5, 0.6) is 0 Å². The van der Waals surface area contributed by atoms with E-state index in [4.69, 9.17) is 9.52 Å². The molecule has 1 N–H and O–H groups in total. The van der Waals surface area contributed by atoms with Gasteiger partial charge >= 0.3 is 57.4 Å². The van der Waals surface area contributed by atoms with Crippen LogP contribution >= 0.6 is 0 Å². The van der Waals surface area contributed by atoms with Gasteiger partial charge in [-0.05, 0) is 6.92 Å². The molecule has 0 saturated heterocycles. The van der Waals surface area contributed by atoms with E-state index < -0.39 is 5.97 Å². The molecule has 1 rings (SSSR count). The number of oxazole rings is 1. The first kappa shape index (κ1) is 11.3. The summed E-state index contributed by atoms with van der Waals surface area (Å²) in [6.07, 6.45) is 1.35. The Balaban J connectivity index is 0.000001000. The Morgan fingerprint density at radius 2 is 2.45 bits per heavy atom. The van der Waals surface area contributed by atoms with Crippen molar-refractivity contribution in [1.82, 2.24) is 4.98 Å². The molecule has 4 nitrogen and oxygen atoms in total. The van der Waals surface area contributed by atoms with Gasteiger partial charge in [-0.25, -0.2) is 4.98 Å². The zero-order chi connectivity index (χ0) is 7.56. The second-order valence-corrected chi connectivity index (χ2v) is 1.94. The molecule has 5 heteroatoms. The third-order valence-electron chi connectivity index (χ3n) is 0.972. The molecule has 1 heterocycles. The number of aromatic nitrogens is 1. The average molecular weight is 181 g/mol. The van der Waals surface area contributed by atoms with Gasteiger partial charge in [-0.1, -0.05) is 0 Å². The van der Waals surface area contributed by atoms with E-state index in [2.05, 4.69) is 4.98 Å². The minimum absolute atomic E-state index is 0. The maximum absolute atomic E-state index is 10.1. The molecule has 56 valence electrons. The van der Waals surface area contributed by atoms with Gasteiger partial charge in [0.25, 0.3) is 0 Å². The Morgan fingerprint density at radius 3 is 2.82 bits per heavy atom. The summed E-state index contributed by atoms with van der Waals surface area (Å²) < 4.78 is 4.90. The van der Waals surface area contributed by atoms with E-state index in [-0.39, 0.29) is 63.7 Å². The fraction of sp³-hybridized carbons (Fsp3) is 0.333. The topological polar surface area (TPSA) is 63.3 Å². The van der Waals surface area contributed by atoms with Crippen LogP contribution in [0.2, 0.25) is 0 Å². The normalized spacial score (nSPS) is 8.82. The van der Waals surface area contributed by atoms with Crippen LogP contribution in [0.15, 0.2) is 10.6 Å². The Kier molecular flexibility index (Phi) is 5.19. The fourth-order valence-corrected chi connectivity index (χ4v) is 0.613. The summed E-state index contributed by atoms with van der Waals surface area (Å²) in [5.41, 5.74) is 0. The molecule has 1 aromatic rings. The molecule has 0 unspecified atom stereocenters. The van der Waals surface area contributed by atoms with Gasteiger partial charge in [0.2, 0.25) is 5.89 Å². The number of aliphatic carboxylic acids is 1. The molecule has 0 saturated carbocycles. The first-order chi connectivity index (χ1) is 4.68. The van der Waals surface area contributed by atoms with Crippen LogP contribution in [0.1, 0.15) is 11.7 Å². The zero-order valence-electron chi connectivity index (χ0n) is 5.50. The molecule has 0 amide bonds. The molecule has 0 aliphatic rings. The van der Waals surface area contributed by atoms with Crippen molar-refractivity contribution in [1.29, 1.82) is 0 Å². The summed E-state index contributed by atoms with van der Waals surface area (Å²) in [5, 5.41) is 8.28. The zero-order valence-corrected chi connectivity index (χ0v) is 5.50. The van der Waals surface area contributed by atoms with Gasteiger partial charge in [0, 0.05) is 0 Å². The number of carbonyl (C=O) groups is 1. The molecule has 0 atom stereocenters. The van der Waals surface area contributed by atoms with Gasteiger partial charge in [-0.15, -0.1) is 0 Å². The summed E-state index contributed by atoms with van der Waals surface area (Å²) in [6, 6.07) is 0. The molecule has 1 aromatic heterocycles. The Morgan fingerprint density at radius 1 is 1.82 bits per heavy atom. The Hall–Kier alpha value is 0.316. The van der Waals surface area contributed by atoms with E-state index >= 15 is 0 Å². The van der Waals surface area contributed by atoms with E-state index in [0.29, 0.717) is 5.76 Å². The monoisotopic (exact) mass is 181 g/mol. The summed E-state index contributed by atoms with van der Waals surface area (Å²) in [5.74, 6) is -0.0388. The molecular formula is C6H8KNO3. The molecule has 0 bridgehead atoms. The fourth-order valence-electron chi connectivity index (χ4n) is 0.613. The molecule has 11 heavy (non-hydrogen) atoms. The molecular weight excluding hydrogens is 173 g/mol. The van der Waals surface area contributed by atoms with Crippen molar-refractivity contribution in [2.45, 2.75) is 13.3 Å². The van der Waals surface area contributed by atoms with Crippen molar-refractivity contribution in [2.24, 2.45) is 0 Å². The van der Waals surface area contributed by atoms with Crippen LogP contribution in [-0.2, 0) is 11.2 Å². The number of carboxylic acid groups (broad SMARTS) is 1. The number of nitrogens with zero attached hydrogens (tertiary/aromatic N) is 1. The van der Waals surface area contributed by atoms with Crippen LogP contribution in [-0.4, -0.2) is 67.4 Å². The molecule has 0 radical (unpaired) electrons. The van der Waals surface area contributed by atoms with Gasteiger partial charge in [0.1, 0.15) is 12.2 Å². The van der Waals surface area contributed by atoms with Crippen molar-refractivity contribution in [3.63, 3.8) is 0 Å². The SMILES string of the molecule is Cc1cnc(CC(=O)O)o1.[KH]. The predicted molar refractivity (Wildman–Crippen MR) is 39.7 cm³/mol. The van der Waals surface area contributed by atoms with Crippen LogP contribution in [0.25, 0.3) is 0 Å². The summed E-state index contributed by atoms with van der Waals surface area (Å²) >= 11 is 0. The Bertz CT molecular complexity index is 246. The van der Waals surface area contributed by atoms with Gasteiger partial charge in [-0.3, -0.25) is 4.79 Å². The first-order valence-corrected chi connectivity index (χ1v) is 2.81. The molecule has 0 fully saturated rings. The second kappa shape index (κ2) is 5.05. The molecule has 0 aliphatic heterocycles. The van der Waals surface area contributed by atoms with Crippen LogP contribution in [0.3, 0.4) is 0 Å². The molecule has 0 aromatic carbocycles. The van der Waals surface area contributed by atoms with Gasteiger partial charge < -0.3 is 9.52 Å². The average Bonchev–Trinajstić information content (AvgIpc) is 2.13. The second-order valence-electron chi connectivity index (χ2n) is 1.94. The van der Waals surface area contributed by atoms with Crippen molar-refractivity contribution in [3.8, 4) is 0 Å².